The quantitative estimate of drug-likeness (QED) is 0.213. The molecule has 0 aliphatic rings. The van der Waals surface area contributed by atoms with Crippen LogP contribution in [0.5, 0.6) is 5.75 Å². The van der Waals surface area contributed by atoms with Gasteiger partial charge in [0.2, 0.25) is 0 Å². The lowest BCUT2D eigenvalue weighted by Gasteiger charge is -2.07. The van der Waals surface area contributed by atoms with Gasteiger partial charge in [-0.15, -0.1) is 21.6 Å². The highest BCUT2D eigenvalue weighted by atomic mass is 32.1. The summed E-state index contributed by atoms with van der Waals surface area (Å²) in [6.07, 6.45) is 0. The number of azo groups is 1. The van der Waals surface area contributed by atoms with Crippen LogP contribution in [0.1, 0.15) is 21.5 Å². The lowest BCUT2D eigenvalue weighted by molar-refractivity contribution is 0.0697. The van der Waals surface area contributed by atoms with Gasteiger partial charge in [0, 0.05) is 5.56 Å². The molecular formula is C28H22N4O4S. The second-order valence-electron chi connectivity index (χ2n) is 8.48. The molecule has 9 heteroatoms. The molecule has 0 aliphatic carbocycles. The molecule has 5 rings (SSSR count). The number of carbonyl (C=O) groups is 1. The fraction of sp³-hybridized carbons (Fsp3) is 0.0714. The second kappa shape index (κ2) is 9.71. The molecule has 184 valence electrons. The summed E-state index contributed by atoms with van der Waals surface area (Å²) in [5, 5.41) is 33.8. The minimum absolute atomic E-state index is 0.101. The van der Waals surface area contributed by atoms with Crippen molar-refractivity contribution in [2.24, 2.45) is 10.2 Å². The van der Waals surface area contributed by atoms with Crippen LogP contribution in [0, 0.1) is 13.8 Å². The number of thiophene rings is 1. The third-order valence-corrected chi connectivity index (χ3v) is 6.96. The van der Waals surface area contributed by atoms with Gasteiger partial charge in [0.25, 0.3) is 5.56 Å². The first-order valence-corrected chi connectivity index (χ1v) is 12.3. The molecule has 0 amide bonds. The Kier molecular flexibility index (Phi) is 6.29. The van der Waals surface area contributed by atoms with Gasteiger partial charge < -0.3 is 10.2 Å². The number of aromatic amines is 1. The lowest BCUT2D eigenvalue weighted by atomic mass is 10.0. The summed E-state index contributed by atoms with van der Waals surface area (Å²) in [7, 11) is 0. The number of phenolic OH excluding ortho intramolecular Hbond substituents is 1. The van der Waals surface area contributed by atoms with E-state index in [1.54, 1.807) is 30.3 Å². The minimum atomic E-state index is -1.06. The molecule has 0 saturated carbocycles. The van der Waals surface area contributed by atoms with Crippen LogP contribution in [-0.2, 0) is 0 Å². The summed E-state index contributed by atoms with van der Waals surface area (Å²) in [6, 6.07) is 20.7. The molecule has 2 heterocycles. The Morgan fingerprint density at radius 3 is 2.49 bits per heavy atom. The summed E-state index contributed by atoms with van der Waals surface area (Å²) in [4.78, 5) is 25.6. The molecule has 3 N–H and O–H groups in total. The summed E-state index contributed by atoms with van der Waals surface area (Å²) in [5.74, 6) is -1.23. The number of rotatable bonds is 6. The Morgan fingerprint density at radius 2 is 1.76 bits per heavy atom. The SMILES string of the molecule is Cc1ccc(-n2[nH]c(-c3cccs3)c(N=Nc3cccc(-c4cccc(C(=O)O)c4)c3O)c2=O)cc1C. The van der Waals surface area contributed by atoms with E-state index >= 15 is 0 Å². The van der Waals surface area contributed by atoms with Gasteiger partial charge >= 0.3 is 5.97 Å². The standard InChI is InChI=1S/C28H22N4O4S/c1-16-11-12-20(14-17(16)2)32-27(34)25(24(31-32)23-10-5-13-37-23)30-29-22-9-4-8-21(26(22)33)18-6-3-7-19(15-18)28(35)36/h3-15,31,33H,1-2H3,(H,35,36). The average molecular weight is 511 g/mol. The smallest absolute Gasteiger partial charge is 0.335 e. The van der Waals surface area contributed by atoms with E-state index < -0.39 is 5.97 Å². The average Bonchev–Trinajstić information content (AvgIpc) is 3.53. The van der Waals surface area contributed by atoms with Crippen molar-refractivity contribution in [1.29, 1.82) is 0 Å². The van der Waals surface area contributed by atoms with Crippen molar-refractivity contribution in [3.05, 3.63) is 105 Å². The van der Waals surface area contributed by atoms with E-state index in [0.29, 0.717) is 22.5 Å². The Balaban J connectivity index is 1.59. The van der Waals surface area contributed by atoms with Crippen molar-refractivity contribution in [3.63, 3.8) is 0 Å². The van der Waals surface area contributed by atoms with Crippen LogP contribution in [-0.4, -0.2) is 26.0 Å². The number of aromatic nitrogens is 2. The van der Waals surface area contributed by atoms with Crippen molar-refractivity contribution in [2.75, 3.05) is 0 Å². The van der Waals surface area contributed by atoms with Crippen molar-refractivity contribution in [1.82, 2.24) is 9.78 Å². The highest BCUT2D eigenvalue weighted by Gasteiger charge is 2.19. The van der Waals surface area contributed by atoms with Crippen LogP contribution in [0.15, 0.2) is 93.2 Å². The van der Waals surface area contributed by atoms with Gasteiger partial charge in [0.15, 0.2) is 11.4 Å². The lowest BCUT2D eigenvalue weighted by Crippen LogP contribution is -2.14. The number of carboxylic acids is 1. The molecule has 37 heavy (non-hydrogen) atoms. The normalized spacial score (nSPS) is 11.3. The highest BCUT2D eigenvalue weighted by Crippen LogP contribution is 2.39. The Morgan fingerprint density at radius 1 is 0.946 bits per heavy atom. The maximum absolute atomic E-state index is 13.4. The van der Waals surface area contributed by atoms with Crippen molar-refractivity contribution in [2.45, 2.75) is 13.8 Å². The van der Waals surface area contributed by atoms with E-state index in [9.17, 15) is 19.8 Å². The number of nitrogens with zero attached hydrogens (tertiary/aromatic N) is 3. The van der Waals surface area contributed by atoms with E-state index in [1.165, 1.54) is 28.2 Å². The number of hydrogen-bond acceptors (Lipinski definition) is 6. The highest BCUT2D eigenvalue weighted by molar-refractivity contribution is 7.13. The third-order valence-electron chi connectivity index (χ3n) is 6.08. The van der Waals surface area contributed by atoms with Gasteiger partial charge in [0.05, 0.1) is 16.1 Å². The van der Waals surface area contributed by atoms with Crippen molar-refractivity contribution >= 4 is 28.7 Å². The van der Waals surface area contributed by atoms with Crippen LogP contribution in [0.25, 0.3) is 27.4 Å². The predicted octanol–water partition coefficient (Wildman–Crippen LogP) is 7.00. The number of phenols is 1. The predicted molar refractivity (Wildman–Crippen MR) is 144 cm³/mol. The fourth-order valence-corrected chi connectivity index (χ4v) is 4.65. The van der Waals surface area contributed by atoms with Crippen molar-refractivity contribution < 1.29 is 15.0 Å². The molecule has 0 aliphatic heterocycles. The van der Waals surface area contributed by atoms with Crippen molar-refractivity contribution in [3.8, 4) is 33.1 Å². The van der Waals surface area contributed by atoms with Gasteiger partial charge in [-0.1, -0.05) is 36.4 Å². The minimum Gasteiger partial charge on any atom is -0.505 e. The molecule has 0 radical (unpaired) electrons. The first-order chi connectivity index (χ1) is 17.8. The van der Waals surface area contributed by atoms with E-state index in [-0.39, 0.29) is 28.2 Å². The fourth-order valence-electron chi connectivity index (χ4n) is 3.93. The molecular weight excluding hydrogens is 488 g/mol. The van der Waals surface area contributed by atoms with Crippen LogP contribution in [0.4, 0.5) is 11.4 Å². The number of hydrogen-bond donors (Lipinski definition) is 3. The molecule has 0 fully saturated rings. The zero-order valence-electron chi connectivity index (χ0n) is 20.0. The van der Waals surface area contributed by atoms with Crippen LogP contribution >= 0.6 is 11.3 Å². The van der Waals surface area contributed by atoms with E-state index in [1.807, 2.05) is 49.6 Å². The second-order valence-corrected chi connectivity index (χ2v) is 9.43. The third kappa shape index (κ3) is 4.60. The molecule has 0 atom stereocenters. The molecule has 5 aromatic rings. The topological polar surface area (TPSA) is 120 Å². The summed E-state index contributed by atoms with van der Waals surface area (Å²) in [5.41, 5.74) is 4.27. The first kappa shape index (κ1) is 24.0. The summed E-state index contributed by atoms with van der Waals surface area (Å²) in [6.45, 7) is 3.99. The van der Waals surface area contributed by atoms with Gasteiger partial charge in [-0.05, 0) is 72.3 Å². The van der Waals surface area contributed by atoms with E-state index in [0.717, 1.165) is 16.0 Å². The number of benzene rings is 3. The number of H-pyrrole nitrogens is 1. The maximum Gasteiger partial charge on any atom is 0.335 e. The molecule has 0 saturated heterocycles. The van der Waals surface area contributed by atoms with Gasteiger partial charge in [-0.3, -0.25) is 9.89 Å². The van der Waals surface area contributed by atoms with Gasteiger partial charge in [0.1, 0.15) is 11.4 Å². The molecule has 0 unspecified atom stereocenters. The summed E-state index contributed by atoms with van der Waals surface area (Å²) >= 11 is 1.46. The number of carboxylic acid groups (broad SMARTS) is 1. The Bertz CT molecular complexity index is 1710. The summed E-state index contributed by atoms with van der Waals surface area (Å²) < 4.78 is 1.43. The van der Waals surface area contributed by atoms with Gasteiger partial charge in [-0.2, -0.15) is 0 Å². The molecule has 3 aromatic carbocycles. The van der Waals surface area contributed by atoms with Crippen LogP contribution in [0.2, 0.25) is 0 Å². The number of para-hydroxylation sites is 1. The number of nitrogens with one attached hydrogen (secondary N) is 1. The molecule has 0 bridgehead atoms. The first-order valence-electron chi connectivity index (χ1n) is 11.4. The molecule has 8 nitrogen and oxygen atoms in total. The molecule has 0 spiro atoms. The van der Waals surface area contributed by atoms with Crippen LogP contribution < -0.4 is 5.56 Å². The number of aromatic carboxylic acids is 1. The number of aromatic hydroxyl groups is 1. The van der Waals surface area contributed by atoms with E-state index in [2.05, 4.69) is 15.3 Å². The number of aryl methyl sites for hydroxylation is 2. The Hall–Kier alpha value is -4.76. The van der Waals surface area contributed by atoms with E-state index in [4.69, 9.17) is 0 Å². The zero-order chi connectivity index (χ0) is 26.1. The Labute approximate surface area is 215 Å². The largest absolute Gasteiger partial charge is 0.505 e. The van der Waals surface area contributed by atoms with Crippen LogP contribution in [0.3, 0.4) is 0 Å². The maximum atomic E-state index is 13.4. The molecule has 2 aromatic heterocycles. The monoisotopic (exact) mass is 510 g/mol. The zero-order valence-corrected chi connectivity index (χ0v) is 20.8. The van der Waals surface area contributed by atoms with Gasteiger partial charge in [-0.25, -0.2) is 9.48 Å².